The van der Waals surface area contributed by atoms with Crippen molar-refractivity contribution in [3.8, 4) is 0 Å². The number of carbonyl (C=O) groups is 1. The summed E-state index contributed by atoms with van der Waals surface area (Å²) in [5.74, 6) is 0.594. The van der Waals surface area contributed by atoms with E-state index >= 15 is 0 Å². The molecule has 1 heterocycles. The Hall–Kier alpha value is -2.14. The lowest BCUT2D eigenvalue weighted by Crippen LogP contribution is -2.52. The number of rotatable bonds is 5. The first-order chi connectivity index (χ1) is 14.7. The summed E-state index contributed by atoms with van der Waals surface area (Å²) in [4.78, 5) is 10.8. The van der Waals surface area contributed by atoms with E-state index in [1.54, 1.807) is 4.31 Å². The van der Waals surface area contributed by atoms with Crippen molar-refractivity contribution >= 4 is 38.0 Å². The number of nitrogens with one attached hydrogen (secondary N) is 1. The second-order valence-corrected chi connectivity index (χ2v) is 10.2. The number of hydrogen-bond donors (Lipinski definition) is 3. The predicted molar refractivity (Wildman–Crippen MR) is 123 cm³/mol. The molecule has 2 aromatic rings. The molecule has 0 amide bonds. The highest BCUT2D eigenvalue weighted by Gasteiger charge is 2.50. The van der Waals surface area contributed by atoms with E-state index < -0.39 is 16.4 Å². The molecule has 0 aromatic heterocycles. The lowest BCUT2D eigenvalue weighted by molar-refractivity contribution is 0.137. The van der Waals surface area contributed by atoms with Gasteiger partial charge in [0.15, 0.2) is 0 Å². The largest absolute Gasteiger partial charge is 0.503 e. The Bertz CT molecular complexity index is 976. The second-order valence-electron chi connectivity index (χ2n) is 7.59. The molecule has 2 aliphatic rings. The molecule has 1 saturated carbocycles. The summed E-state index contributed by atoms with van der Waals surface area (Å²) in [7, 11) is -3.46. The summed E-state index contributed by atoms with van der Waals surface area (Å²) in [6, 6.07) is 18.3. The molecule has 3 N–H and O–H groups in total. The van der Waals surface area contributed by atoms with Crippen molar-refractivity contribution < 1.29 is 23.4 Å². The van der Waals surface area contributed by atoms with Gasteiger partial charge in [0.2, 0.25) is 0 Å². The van der Waals surface area contributed by atoms with Crippen molar-refractivity contribution in [3.05, 3.63) is 64.6 Å². The highest BCUT2D eigenvalue weighted by Crippen LogP contribution is 2.47. The molecule has 1 aliphatic heterocycles. The van der Waals surface area contributed by atoms with E-state index in [9.17, 15) is 8.42 Å². The molecule has 2 fully saturated rings. The quantitative estimate of drug-likeness (QED) is 0.567. The molecular formula is C21H26BrN3O5S. The van der Waals surface area contributed by atoms with Crippen LogP contribution in [0, 0.1) is 5.92 Å². The maximum atomic E-state index is 12.8. The first-order valence-corrected chi connectivity index (χ1v) is 12.2. The van der Waals surface area contributed by atoms with Gasteiger partial charge in [0.05, 0.1) is 0 Å². The van der Waals surface area contributed by atoms with E-state index in [4.69, 9.17) is 15.0 Å². The molecule has 0 radical (unpaired) electrons. The number of piperazine rings is 1. The van der Waals surface area contributed by atoms with Crippen LogP contribution < -0.4 is 9.62 Å². The molecule has 31 heavy (non-hydrogen) atoms. The van der Waals surface area contributed by atoms with E-state index in [0.717, 1.165) is 10.2 Å². The topological polar surface area (TPSA) is 110 Å². The third-order valence-electron chi connectivity index (χ3n) is 5.62. The number of benzene rings is 2. The third kappa shape index (κ3) is 6.19. The lowest BCUT2D eigenvalue weighted by Gasteiger charge is -2.35. The average Bonchev–Trinajstić information content (AvgIpc) is 3.36. The van der Waals surface area contributed by atoms with Gasteiger partial charge in [-0.15, -0.1) is 0 Å². The van der Waals surface area contributed by atoms with Crippen LogP contribution in [0.1, 0.15) is 18.4 Å². The minimum atomic E-state index is -3.46. The highest BCUT2D eigenvalue weighted by molar-refractivity contribution is 9.10. The van der Waals surface area contributed by atoms with E-state index in [1.165, 1.54) is 5.56 Å². The van der Waals surface area contributed by atoms with Crippen molar-refractivity contribution in [2.45, 2.75) is 18.9 Å². The zero-order valence-electron chi connectivity index (χ0n) is 17.1. The molecule has 168 valence electrons. The fourth-order valence-corrected chi connectivity index (χ4v) is 5.68. The van der Waals surface area contributed by atoms with Crippen LogP contribution in [0.25, 0.3) is 0 Å². The van der Waals surface area contributed by atoms with Crippen LogP contribution in [0.4, 0.5) is 10.5 Å². The van der Waals surface area contributed by atoms with Crippen LogP contribution in [-0.2, 0) is 10.2 Å². The Morgan fingerprint density at radius 1 is 1.00 bits per heavy atom. The normalized spacial score (nSPS) is 23.5. The Balaban J connectivity index is 0.000000628. The fraction of sp³-hybridized carbons (Fsp3) is 0.381. The lowest BCUT2D eigenvalue weighted by atomic mass is 10.1. The van der Waals surface area contributed by atoms with E-state index in [1.807, 2.05) is 30.3 Å². The van der Waals surface area contributed by atoms with Gasteiger partial charge in [-0.2, -0.15) is 17.4 Å². The molecule has 0 unspecified atom stereocenters. The minimum absolute atomic E-state index is 0.0121. The summed E-state index contributed by atoms with van der Waals surface area (Å²) in [6.07, 6.45) is -1.83. The molecule has 4 rings (SSSR count). The van der Waals surface area contributed by atoms with Crippen LogP contribution in [0.2, 0.25) is 0 Å². The van der Waals surface area contributed by atoms with Crippen molar-refractivity contribution in [1.29, 1.82) is 0 Å². The van der Waals surface area contributed by atoms with Gasteiger partial charge in [-0.25, -0.2) is 4.79 Å². The van der Waals surface area contributed by atoms with Gasteiger partial charge in [-0.3, -0.25) is 0 Å². The van der Waals surface area contributed by atoms with Crippen molar-refractivity contribution in [1.82, 2.24) is 9.03 Å². The van der Waals surface area contributed by atoms with E-state index in [-0.39, 0.29) is 12.0 Å². The van der Waals surface area contributed by atoms with Gasteiger partial charge in [-0.1, -0.05) is 53.2 Å². The molecule has 8 nitrogen and oxygen atoms in total. The summed E-state index contributed by atoms with van der Waals surface area (Å²) in [5.41, 5.74) is 2.33. The van der Waals surface area contributed by atoms with Gasteiger partial charge in [0, 0.05) is 48.3 Å². The van der Waals surface area contributed by atoms with Gasteiger partial charge < -0.3 is 15.1 Å². The molecule has 1 saturated heterocycles. The second kappa shape index (κ2) is 9.99. The number of nitrogens with zero attached hydrogens (tertiary/aromatic N) is 2. The van der Waals surface area contributed by atoms with E-state index in [2.05, 4.69) is 56.7 Å². The summed E-state index contributed by atoms with van der Waals surface area (Å²) in [5, 5.41) is 13.9. The summed E-state index contributed by atoms with van der Waals surface area (Å²) >= 11 is 3.45. The van der Waals surface area contributed by atoms with Crippen LogP contribution in [0.5, 0.6) is 0 Å². The average molecular weight is 512 g/mol. The summed E-state index contributed by atoms with van der Waals surface area (Å²) in [6.45, 7) is 4.51. The van der Waals surface area contributed by atoms with Crippen molar-refractivity contribution in [2.75, 3.05) is 31.1 Å². The molecule has 0 bridgehead atoms. The van der Waals surface area contributed by atoms with Crippen molar-refractivity contribution in [3.63, 3.8) is 0 Å². The van der Waals surface area contributed by atoms with Gasteiger partial charge in [0.25, 0.3) is 10.2 Å². The molecule has 3 atom stereocenters. The SMILES string of the molecule is C[C@H]1[C@H](NS(=O)(=O)N2CCN(c3ccc(Br)cc3)CC2)[C@H]1c1ccccc1.O=C(O)O. The van der Waals surface area contributed by atoms with E-state index in [0.29, 0.717) is 32.1 Å². The molecule has 0 spiro atoms. The first-order valence-electron chi connectivity index (χ1n) is 9.94. The number of hydrogen-bond acceptors (Lipinski definition) is 4. The Morgan fingerprint density at radius 3 is 2.10 bits per heavy atom. The molecule has 2 aromatic carbocycles. The standard InChI is InChI=1S/C20H24BrN3O2S.CH2O3/c1-15-19(16-5-3-2-4-6-16)20(15)22-27(25,26)24-13-11-23(12-14-24)18-9-7-17(21)8-10-18;2-1(3)4/h2-10,15,19-20,22H,11-14H2,1H3;(H2,2,3,4)/t15-,19-,20+;/m1./s1. The third-order valence-corrected chi connectivity index (χ3v) is 7.76. The van der Waals surface area contributed by atoms with Crippen LogP contribution in [-0.4, -0.2) is 61.3 Å². The monoisotopic (exact) mass is 511 g/mol. The van der Waals surface area contributed by atoms with Gasteiger partial charge in [0.1, 0.15) is 0 Å². The first kappa shape index (κ1) is 23.5. The number of anilines is 1. The predicted octanol–water partition coefficient (Wildman–Crippen LogP) is 3.43. The van der Waals surface area contributed by atoms with Crippen LogP contribution in [0.15, 0.2) is 59.1 Å². The fourth-order valence-electron chi connectivity index (χ4n) is 3.91. The van der Waals surface area contributed by atoms with Crippen LogP contribution >= 0.6 is 15.9 Å². The van der Waals surface area contributed by atoms with Crippen molar-refractivity contribution in [2.24, 2.45) is 5.92 Å². The molecule has 1 aliphatic carbocycles. The highest BCUT2D eigenvalue weighted by atomic mass is 79.9. The Kier molecular flexibility index (Phi) is 7.58. The molecular weight excluding hydrogens is 486 g/mol. The minimum Gasteiger partial charge on any atom is -0.450 e. The number of halogens is 1. The number of carboxylic acid groups (broad SMARTS) is 2. The Labute approximate surface area is 190 Å². The van der Waals surface area contributed by atoms with Gasteiger partial charge >= 0.3 is 6.16 Å². The van der Waals surface area contributed by atoms with Crippen LogP contribution in [0.3, 0.4) is 0 Å². The maximum Gasteiger partial charge on any atom is 0.503 e. The summed E-state index contributed by atoms with van der Waals surface area (Å²) < 4.78 is 31.2. The smallest absolute Gasteiger partial charge is 0.450 e. The Morgan fingerprint density at radius 2 is 1.55 bits per heavy atom. The zero-order chi connectivity index (χ0) is 22.6. The zero-order valence-corrected chi connectivity index (χ0v) is 19.5. The molecule has 10 heteroatoms. The van der Waals surface area contributed by atoms with Gasteiger partial charge in [-0.05, 0) is 35.7 Å². The maximum absolute atomic E-state index is 12.8.